The molecule has 3 aromatic carbocycles. The van der Waals surface area contributed by atoms with Crippen molar-refractivity contribution < 1.29 is 9.53 Å². The fraction of sp³-hybridized carbons (Fsp3) is 0.0833. The van der Waals surface area contributed by atoms with Crippen LogP contribution >= 0.6 is 67.4 Å². The molecule has 1 heterocycles. The van der Waals surface area contributed by atoms with E-state index in [1.807, 2.05) is 73.7 Å². The highest BCUT2D eigenvalue weighted by Crippen LogP contribution is 2.40. The summed E-state index contributed by atoms with van der Waals surface area (Å²) in [6, 6.07) is 19.1. The van der Waals surface area contributed by atoms with Crippen molar-refractivity contribution in [1.29, 1.82) is 0 Å². The normalized spacial score (nSPS) is 15.0. The third-order valence-corrected chi connectivity index (χ3v) is 7.65. The number of hydrogen-bond donors (Lipinski definition) is 0. The van der Waals surface area contributed by atoms with E-state index in [9.17, 15) is 4.79 Å². The zero-order valence-corrected chi connectivity index (χ0v) is 22.3. The zero-order valence-electron chi connectivity index (χ0n) is 16.8. The van der Waals surface area contributed by atoms with Gasteiger partial charge in [0.05, 0.1) is 19.5 Å². The summed E-state index contributed by atoms with van der Waals surface area (Å²) < 4.78 is 8.03. The minimum absolute atomic E-state index is 0.124. The van der Waals surface area contributed by atoms with E-state index in [2.05, 4.69) is 31.9 Å². The number of thioether (sulfide) groups is 1. The molecule has 0 saturated carbocycles. The van der Waals surface area contributed by atoms with Crippen molar-refractivity contribution in [3.63, 3.8) is 0 Å². The Balaban J connectivity index is 1.57. The van der Waals surface area contributed by atoms with Crippen LogP contribution in [0.4, 0.5) is 5.69 Å². The smallest absolute Gasteiger partial charge is 0.270 e. The molecule has 3 aromatic rings. The fourth-order valence-electron chi connectivity index (χ4n) is 3.21. The number of carbonyl (C=O) groups excluding carboxylic acids is 1. The quantitative estimate of drug-likeness (QED) is 0.216. The lowest BCUT2D eigenvalue weighted by Gasteiger charge is -2.16. The molecule has 0 N–H and O–H groups in total. The molecular formula is C24H16Br2ClNO2S2. The van der Waals surface area contributed by atoms with Gasteiger partial charge in [0, 0.05) is 10.6 Å². The summed E-state index contributed by atoms with van der Waals surface area (Å²) in [5, 5.41) is 0.659. The Labute approximate surface area is 218 Å². The second-order valence-corrected chi connectivity index (χ2v) is 10.8. The van der Waals surface area contributed by atoms with Gasteiger partial charge in [0.1, 0.15) is 12.4 Å². The van der Waals surface area contributed by atoms with Crippen LogP contribution < -0.4 is 9.64 Å². The van der Waals surface area contributed by atoms with Gasteiger partial charge in [-0.05, 0) is 80.3 Å². The summed E-state index contributed by atoms with van der Waals surface area (Å²) in [5.41, 5.74) is 3.55. The van der Waals surface area contributed by atoms with Crippen LogP contribution in [0, 0.1) is 6.92 Å². The van der Waals surface area contributed by atoms with Gasteiger partial charge >= 0.3 is 0 Å². The zero-order chi connectivity index (χ0) is 22.8. The molecule has 0 aromatic heterocycles. The Morgan fingerprint density at radius 3 is 2.44 bits per heavy atom. The van der Waals surface area contributed by atoms with Crippen molar-refractivity contribution in [1.82, 2.24) is 0 Å². The molecule has 0 aliphatic carbocycles. The molecule has 3 nitrogen and oxygen atoms in total. The summed E-state index contributed by atoms with van der Waals surface area (Å²) in [5.74, 6) is 0.537. The third-order valence-electron chi connectivity index (χ3n) is 4.80. The maximum atomic E-state index is 13.1. The van der Waals surface area contributed by atoms with E-state index in [1.165, 1.54) is 11.8 Å². The number of thiocarbonyl (C=S) groups is 1. The van der Waals surface area contributed by atoms with Crippen LogP contribution in [0.5, 0.6) is 5.75 Å². The first-order valence-corrected chi connectivity index (χ1v) is 12.7. The topological polar surface area (TPSA) is 29.5 Å². The highest BCUT2D eigenvalue weighted by Gasteiger charge is 2.34. The van der Waals surface area contributed by atoms with Crippen LogP contribution in [0.15, 0.2) is 74.5 Å². The summed E-state index contributed by atoms with van der Waals surface area (Å²) in [7, 11) is 0. The Morgan fingerprint density at radius 2 is 1.75 bits per heavy atom. The van der Waals surface area contributed by atoms with Crippen LogP contribution in [-0.2, 0) is 11.4 Å². The number of amides is 1. The highest BCUT2D eigenvalue weighted by atomic mass is 79.9. The molecule has 8 heteroatoms. The van der Waals surface area contributed by atoms with Crippen molar-refractivity contribution in [2.24, 2.45) is 0 Å². The second-order valence-electron chi connectivity index (χ2n) is 7.00. The van der Waals surface area contributed by atoms with Gasteiger partial charge in [0.2, 0.25) is 0 Å². The first-order chi connectivity index (χ1) is 15.3. The number of hydrogen-bond acceptors (Lipinski definition) is 4. The van der Waals surface area contributed by atoms with Crippen LogP contribution in [0.2, 0.25) is 5.02 Å². The Hall–Kier alpha value is -1.64. The van der Waals surface area contributed by atoms with Gasteiger partial charge in [-0.2, -0.15) is 0 Å². The van der Waals surface area contributed by atoms with Crippen molar-refractivity contribution >= 4 is 89.4 Å². The number of rotatable bonds is 5. The minimum Gasteiger partial charge on any atom is -0.486 e. The molecule has 0 bridgehead atoms. The monoisotopic (exact) mass is 607 g/mol. The van der Waals surface area contributed by atoms with Crippen molar-refractivity contribution in [2.75, 3.05) is 4.90 Å². The van der Waals surface area contributed by atoms with Crippen molar-refractivity contribution in [3.8, 4) is 5.75 Å². The molecule has 0 spiro atoms. The van der Waals surface area contributed by atoms with E-state index in [1.54, 1.807) is 4.90 Å². The Bertz CT molecular complexity index is 1240. The van der Waals surface area contributed by atoms with Gasteiger partial charge in [-0.1, -0.05) is 72.0 Å². The van der Waals surface area contributed by atoms with E-state index in [4.69, 9.17) is 28.6 Å². The molecule has 0 unspecified atom stereocenters. The number of aryl methyl sites for hydroxylation is 1. The number of ether oxygens (including phenoxy) is 1. The molecule has 32 heavy (non-hydrogen) atoms. The SMILES string of the molecule is Cc1ccccc1N1C(=O)/C(=C\c2cc(Br)c(OCc3ccccc3Cl)c(Br)c2)SC1=S. The maximum absolute atomic E-state index is 13.1. The molecule has 162 valence electrons. The van der Waals surface area contributed by atoms with Gasteiger partial charge in [-0.25, -0.2) is 0 Å². The average Bonchev–Trinajstić information content (AvgIpc) is 3.02. The van der Waals surface area contributed by atoms with E-state index in [0.29, 0.717) is 26.6 Å². The van der Waals surface area contributed by atoms with Crippen molar-refractivity contribution in [2.45, 2.75) is 13.5 Å². The Morgan fingerprint density at radius 1 is 1.09 bits per heavy atom. The lowest BCUT2D eigenvalue weighted by Crippen LogP contribution is -2.28. The molecule has 4 rings (SSSR count). The fourth-order valence-corrected chi connectivity index (χ4v) is 6.13. The molecule has 0 atom stereocenters. The van der Waals surface area contributed by atoms with E-state index in [0.717, 1.165) is 31.3 Å². The standard InChI is InChI=1S/C24H16Br2ClNO2S2/c1-14-6-2-5-9-20(14)28-23(29)21(32-24(28)31)12-15-10-17(25)22(18(26)11-15)30-13-16-7-3-4-8-19(16)27/h2-12H,13H2,1H3/b21-12+. The molecule has 1 amide bonds. The van der Waals surface area contributed by atoms with Crippen LogP contribution in [0.3, 0.4) is 0 Å². The van der Waals surface area contributed by atoms with Gasteiger partial charge < -0.3 is 4.74 Å². The average molecular weight is 610 g/mol. The van der Waals surface area contributed by atoms with Crippen LogP contribution in [-0.4, -0.2) is 10.2 Å². The van der Waals surface area contributed by atoms with Gasteiger partial charge in [-0.3, -0.25) is 9.69 Å². The van der Waals surface area contributed by atoms with Gasteiger partial charge in [-0.15, -0.1) is 0 Å². The summed E-state index contributed by atoms with van der Waals surface area (Å²) >= 11 is 20.2. The lowest BCUT2D eigenvalue weighted by atomic mass is 10.1. The summed E-state index contributed by atoms with van der Waals surface area (Å²) in [6.07, 6.45) is 1.84. The Kier molecular flexibility index (Phi) is 7.42. The van der Waals surface area contributed by atoms with Gasteiger partial charge in [0.15, 0.2) is 4.32 Å². The van der Waals surface area contributed by atoms with E-state index < -0.39 is 0 Å². The first-order valence-electron chi connectivity index (χ1n) is 9.54. The van der Waals surface area contributed by atoms with Crippen LogP contribution in [0.25, 0.3) is 6.08 Å². The minimum atomic E-state index is -0.124. The maximum Gasteiger partial charge on any atom is 0.270 e. The molecule has 1 aliphatic rings. The van der Waals surface area contributed by atoms with Crippen LogP contribution in [0.1, 0.15) is 16.7 Å². The molecule has 1 saturated heterocycles. The summed E-state index contributed by atoms with van der Waals surface area (Å²) in [6.45, 7) is 2.30. The number of nitrogens with zero attached hydrogens (tertiary/aromatic N) is 1. The molecular weight excluding hydrogens is 594 g/mol. The predicted octanol–water partition coefficient (Wildman–Crippen LogP) is 8.16. The number of carbonyl (C=O) groups is 1. The van der Waals surface area contributed by atoms with E-state index >= 15 is 0 Å². The largest absolute Gasteiger partial charge is 0.486 e. The second kappa shape index (κ2) is 10.1. The third kappa shape index (κ3) is 4.97. The first kappa shape index (κ1) is 23.5. The summed E-state index contributed by atoms with van der Waals surface area (Å²) in [4.78, 5) is 15.3. The molecule has 1 aliphatic heterocycles. The number of anilines is 1. The predicted molar refractivity (Wildman–Crippen MR) is 144 cm³/mol. The number of halogens is 3. The van der Waals surface area contributed by atoms with E-state index in [-0.39, 0.29) is 5.91 Å². The van der Waals surface area contributed by atoms with Gasteiger partial charge in [0.25, 0.3) is 5.91 Å². The highest BCUT2D eigenvalue weighted by molar-refractivity contribution is 9.11. The molecule has 1 fully saturated rings. The molecule has 0 radical (unpaired) electrons. The number of para-hydroxylation sites is 1. The number of benzene rings is 3. The van der Waals surface area contributed by atoms with Crippen molar-refractivity contribution in [3.05, 3.63) is 96.2 Å². The lowest BCUT2D eigenvalue weighted by molar-refractivity contribution is -0.113.